The monoisotopic (exact) mass is 360 g/mol. The first kappa shape index (κ1) is 18.3. The zero-order valence-electron chi connectivity index (χ0n) is 15.3. The number of hydrogen-bond donors (Lipinski definition) is 0. The first-order chi connectivity index (χ1) is 12.1. The smallest absolute Gasteiger partial charge is 0.254 e. The number of carbonyl (C=O) groups is 1. The molecule has 0 spiro atoms. The van der Waals surface area contributed by atoms with E-state index in [2.05, 4.69) is 4.98 Å². The zero-order chi connectivity index (χ0) is 19.1. The lowest BCUT2D eigenvalue weighted by molar-refractivity contribution is -0.0200. The molecular weight excluding hydrogens is 338 g/mol. The first-order valence-corrected chi connectivity index (χ1v) is 8.48. The molecular formula is C20H22F2N2O2. The summed E-state index contributed by atoms with van der Waals surface area (Å²) >= 11 is 0. The quantitative estimate of drug-likeness (QED) is 0.784. The van der Waals surface area contributed by atoms with E-state index >= 15 is 0 Å². The number of hydrogen-bond acceptors (Lipinski definition) is 3. The van der Waals surface area contributed by atoms with Gasteiger partial charge in [-0.25, -0.2) is 13.8 Å². The van der Waals surface area contributed by atoms with Gasteiger partial charge < -0.3 is 9.64 Å². The molecule has 1 saturated carbocycles. The molecule has 1 heterocycles. The van der Waals surface area contributed by atoms with E-state index in [4.69, 9.17) is 4.74 Å². The molecule has 4 nitrogen and oxygen atoms in total. The molecule has 3 rings (SSSR count). The maximum absolute atomic E-state index is 13.9. The molecule has 1 aromatic heterocycles. The van der Waals surface area contributed by atoms with Crippen LogP contribution in [0.15, 0.2) is 36.5 Å². The number of aryl methyl sites for hydroxylation is 1. The summed E-state index contributed by atoms with van der Waals surface area (Å²) < 4.78 is 33.6. The Morgan fingerprint density at radius 2 is 1.92 bits per heavy atom. The van der Waals surface area contributed by atoms with Crippen molar-refractivity contribution in [2.45, 2.75) is 38.0 Å². The van der Waals surface area contributed by atoms with E-state index in [0.717, 1.165) is 12.5 Å². The number of ether oxygens (including phenoxy) is 1. The number of benzene rings is 1. The van der Waals surface area contributed by atoms with Gasteiger partial charge in [-0.3, -0.25) is 4.79 Å². The van der Waals surface area contributed by atoms with E-state index in [1.165, 1.54) is 11.1 Å². The Kier molecular flexibility index (Phi) is 4.46. The summed E-state index contributed by atoms with van der Waals surface area (Å²) in [5.74, 6) is -1.97. The van der Waals surface area contributed by atoms with Gasteiger partial charge in [-0.1, -0.05) is 12.1 Å². The summed E-state index contributed by atoms with van der Waals surface area (Å²) in [7, 11) is 3.34. The highest BCUT2D eigenvalue weighted by atomic mass is 19.3. The number of alkyl halides is 2. The first-order valence-electron chi connectivity index (χ1n) is 8.48. The van der Waals surface area contributed by atoms with Crippen molar-refractivity contribution in [3.05, 3.63) is 53.2 Å². The van der Waals surface area contributed by atoms with E-state index in [-0.39, 0.29) is 5.91 Å². The second kappa shape index (κ2) is 6.34. The number of amides is 1. The van der Waals surface area contributed by atoms with Crippen LogP contribution in [0.25, 0.3) is 0 Å². The molecule has 1 amide bonds. The zero-order valence-corrected chi connectivity index (χ0v) is 15.3. The largest absolute Gasteiger partial charge is 0.439 e. The van der Waals surface area contributed by atoms with E-state index < -0.39 is 11.3 Å². The molecule has 0 bridgehead atoms. The van der Waals surface area contributed by atoms with Crippen LogP contribution in [0.1, 0.15) is 41.3 Å². The molecule has 138 valence electrons. The molecule has 0 unspecified atom stereocenters. The van der Waals surface area contributed by atoms with E-state index in [1.807, 2.05) is 6.92 Å². The van der Waals surface area contributed by atoms with Gasteiger partial charge in [0.2, 0.25) is 5.88 Å². The van der Waals surface area contributed by atoms with Gasteiger partial charge in [0.1, 0.15) is 5.75 Å². The summed E-state index contributed by atoms with van der Waals surface area (Å²) in [4.78, 5) is 17.5. The lowest BCUT2D eigenvalue weighted by Gasteiger charge is -2.24. The van der Waals surface area contributed by atoms with Gasteiger partial charge in [0.05, 0.1) is 11.0 Å². The van der Waals surface area contributed by atoms with Gasteiger partial charge >= 0.3 is 0 Å². The predicted octanol–water partition coefficient (Wildman–Crippen LogP) is 4.57. The summed E-state index contributed by atoms with van der Waals surface area (Å²) in [5.41, 5.74) is 0.848. The molecule has 0 saturated heterocycles. The van der Waals surface area contributed by atoms with E-state index in [9.17, 15) is 13.6 Å². The predicted molar refractivity (Wildman–Crippen MR) is 95.0 cm³/mol. The molecule has 1 fully saturated rings. The Bertz CT molecular complexity index is 823. The van der Waals surface area contributed by atoms with Crippen LogP contribution in [-0.4, -0.2) is 35.8 Å². The molecule has 0 radical (unpaired) electrons. The topological polar surface area (TPSA) is 42.4 Å². The number of pyridine rings is 1. The van der Waals surface area contributed by atoms with Gasteiger partial charge in [0.15, 0.2) is 0 Å². The molecule has 6 heteroatoms. The van der Waals surface area contributed by atoms with Crippen LogP contribution in [0.2, 0.25) is 0 Å². The normalized spacial score (nSPS) is 15.5. The molecule has 0 N–H and O–H groups in total. The van der Waals surface area contributed by atoms with Crippen molar-refractivity contribution in [1.29, 1.82) is 0 Å². The molecule has 1 aromatic carbocycles. The minimum absolute atomic E-state index is 0.139. The standard InChI is InChI=1S/C20H22F2N2O2/c1-13-11-15(20(9-10-20)19(2,21)22)6-7-16(13)26-17-8-5-14(12-23-17)18(25)24(3)4/h5-8,11-12H,9-10H2,1-4H3. The number of halogens is 2. The van der Waals surface area contributed by atoms with Gasteiger partial charge in [0.25, 0.3) is 11.8 Å². The average Bonchev–Trinajstić information content (AvgIpc) is 3.38. The van der Waals surface area contributed by atoms with E-state index in [0.29, 0.717) is 35.6 Å². The highest BCUT2D eigenvalue weighted by molar-refractivity contribution is 5.93. The molecule has 0 atom stereocenters. The lowest BCUT2D eigenvalue weighted by Crippen LogP contribution is -2.30. The van der Waals surface area contributed by atoms with Crippen molar-refractivity contribution in [3.8, 4) is 11.6 Å². The highest BCUT2D eigenvalue weighted by Gasteiger charge is 2.60. The molecule has 2 aromatic rings. The third kappa shape index (κ3) is 3.28. The Labute approximate surface area is 151 Å². The van der Waals surface area contributed by atoms with Crippen molar-refractivity contribution in [1.82, 2.24) is 9.88 Å². The molecule has 0 aliphatic heterocycles. The second-order valence-electron chi connectivity index (χ2n) is 7.14. The third-order valence-electron chi connectivity index (χ3n) is 4.92. The van der Waals surface area contributed by atoms with E-state index in [1.54, 1.807) is 44.4 Å². The van der Waals surface area contributed by atoms with Crippen molar-refractivity contribution < 1.29 is 18.3 Å². The summed E-state index contributed by atoms with van der Waals surface area (Å²) in [6.45, 7) is 2.81. The van der Waals surface area contributed by atoms with Gasteiger partial charge in [0, 0.05) is 33.3 Å². The van der Waals surface area contributed by atoms with Crippen LogP contribution in [0.5, 0.6) is 11.6 Å². The van der Waals surface area contributed by atoms with Crippen LogP contribution < -0.4 is 4.74 Å². The van der Waals surface area contributed by atoms with Crippen molar-refractivity contribution in [2.75, 3.05) is 14.1 Å². The Morgan fingerprint density at radius 3 is 2.38 bits per heavy atom. The Morgan fingerprint density at radius 1 is 1.23 bits per heavy atom. The molecule has 1 aliphatic rings. The second-order valence-corrected chi connectivity index (χ2v) is 7.14. The molecule has 26 heavy (non-hydrogen) atoms. The highest BCUT2D eigenvalue weighted by Crippen LogP contribution is 2.58. The SMILES string of the molecule is Cc1cc(C2(C(C)(F)F)CC2)ccc1Oc1ccc(C(=O)N(C)C)cn1. The fraction of sp³-hybridized carbons (Fsp3) is 0.400. The van der Waals surface area contributed by atoms with Crippen LogP contribution in [0, 0.1) is 6.92 Å². The van der Waals surface area contributed by atoms with Crippen LogP contribution in [0.4, 0.5) is 8.78 Å². The van der Waals surface area contributed by atoms with Gasteiger partial charge in [-0.15, -0.1) is 0 Å². The fourth-order valence-electron chi connectivity index (χ4n) is 3.11. The summed E-state index contributed by atoms with van der Waals surface area (Å²) in [6.07, 6.45) is 2.45. The van der Waals surface area contributed by atoms with Crippen LogP contribution in [-0.2, 0) is 5.41 Å². The average molecular weight is 360 g/mol. The number of rotatable bonds is 5. The van der Waals surface area contributed by atoms with Crippen LogP contribution >= 0.6 is 0 Å². The Hall–Kier alpha value is -2.50. The maximum atomic E-state index is 13.9. The minimum atomic E-state index is -2.74. The number of nitrogens with zero attached hydrogens (tertiary/aromatic N) is 2. The van der Waals surface area contributed by atoms with Gasteiger partial charge in [-0.2, -0.15) is 0 Å². The van der Waals surface area contributed by atoms with Gasteiger partial charge in [-0.05, 0) is 43.0 Å². The maximum Gasteiger partial charge on any atom is 0.254 e. The number of carbonyl (C=O) groups excluding carboxylic acids is 1. The van der Waals surface area contributed by atoms with Crippen molar-refractivity contribution >= 4 is 5.91 Å². The lowest BCUT2D eigenvalue weighted by atomic mass is 9.89. The summed E-state index contributed by atoms with van der Waals surface area (Å²) in [6, 6.07) is 8.44. The third-order valence-corrected chi connectivity index (χ3v) is 4.92. The number of aromatic nitrogens is 1. The van der Waals surface area contributed by atoms with Crippen LogP contribution in [0.3, 0.4) is 0 Å². The summed E-state index contributed by atoms with van der Waals surface area (Å²) in [5, 5.41) is 0. The fourth-order valence-corrected chi connectivity index (χ4v) is 3.11. The van der Waals surface area contributed by atoms with Crippen molar-refractivity contribution in [3.63, 3.8) is 0 Å². The Balaban J connectivity index is 1.78. The molecule has 1 aliphatic carbocycles. The van der Waals surface area contributed by atoms with Crippen molar-refractivity contribution in [2.24, 2.45) is 0 Å². The minimum Gasteiger partial charge on any atom is -0.439 e.